The maximum atomic E-state index is 5.75. The summed E-state index contributed by atoms with van der Waals surface area (Å²) in [6, 6.07) is 8.28. The van der Waals surface area contributed by atoms with Crippen molar-refractivity contribution in [2.75, 3.05) is 18.3 Å². The molecular formula is C14H17ClN2O. The van der Waals surface area contributed by atoms with Crippen LogP contribution in [0.2, 0.25) is 0 Å². The standard InChI is InChI=1S/C14H17ClN2O/c1-10(5-7-15)17-14-13-9-12(18-2)4-3-11(13)6-8-16-14/h3-4,6,8-10H,5,7H2,1-2H3,(H,16,17). The van der Waals surface area contributed by atoms with Gasteiger partial charge >= 0.3 is 0 Å². The van der Waals surface area contributed by atoms with Crippen molar-refractivity contribution in [3.63, 3.8) is 0 Å². The van der Waals surface area contributed by atoms with Crippen LogP contribution in [0, 0.1) is 0 Å². The van der Waals surface area contributed by atoms with Gasteiger partial charge in [-0.15, -0.1) is 11.6 Å². The minimum Gasteiger partial charge on any atom is -0.497 e. The lowest BCUT2D eigenvalue weighted by Crippen LogP contribution is -2.16. The SMILES string of the molecule is COc1ccc2ccnc(NC(C)CCCl)c2c1. The van der Waals surface area contributed by atoms with E-state index < -0.39 is 0 Å². The normalized spacial score (nSPS) is 12.4. The van der Waals surface area contributed by atoms with E-state index in [1.165, 1.54) is 0 Å². The summed E-state index contributed by atoms with van der Waals surface area (Å²) in [5, 5.41) is 5.60. The molecule has 1 aromatic heterocycles. The second-order valence-corrected chi connectivity index (χ2v) is 4.65. The molecule has 1 N–H and O–H groups in total. The van der Waals surface area contributed by atoms with Crippen LogP contribution in [-0.4, -0.2) is 24.0 Å². The molecule has 0 bridgehead atoms. The van der Waals surface area contributed by atoms with Crippen molar-refractivity contribution in [3.05, 3.63) is 30.5 Å². The molecule has 0 saturated carbocycles. The van der Waals surface area contributed by atoms with Gasteiger partial charge in [0.1, 0.15) is 11.6 Å². The van der Waals surface area contributed by atoms with Gasteiger partial charge in [-0.25, -0.2) is 4.98 Å². The van der Waals surface area contributed by atoms with Crippen LogP contribution in [-0.2, 0) is 0 Å². The molecule has 3 nitrogen and oxygen atoms in total. The molecule has 1 atom stereocenters. The fourth-order valence-electron chi connectivity index (χ4n) is 1.86. The van der Waals surface area contributed by atoms with Crippen LogP contribution in [0.5, 0.6) is 5.75 Å². The molecule has 96 valence electrons. The van der Waals surface area contributed by atoms with Gasteiger partial charge in [-0.05, 0) is 36.9 Å². The summed E-state index contributed by atoms with van der Waals surface area (Å²) in [7, 11) is 1.67. The van der Waals surface area contributed by atoms with Gasteiger partial charge in [0, 0.05) is 23.5 Å². The summed E-state index contributed by atoms with van der Waals surface area (Å²) in [6.07, 6.45) is 2.72. The molecule has 4 heteroatoms. The molecule has 1 heterocycles. The molecule has 2 rings (SSSR count). The first-order valence-electron chi connectivity index (χ1n) is 6.00. The van der Waals surface area contributed by atoms with Crippen molar-refractivity contribution in [2.24, 2.45) is 0 Å². The van der Waals surface area contributed by atoms with E-state index in [-0.39, 0.29) is 0 Å². The number of nitrogens with zero attached hydrogens (tertiary/aromatic N) is 1. The molecule has 0 amide bonds. The van der Waals surface area contributed by atoms with Crippen molar-refractivity contribution >= 4 is 28.2 Å². The first-order chi connectivity index (χ1) is 8.74. The highest BCUT2D eigenvalue weighted by molar-refractivity contribution is 6.17. The Morgan fingerprint density at radius 1 is 1.39 bits per heavy atom. The smallest absolute Gasteiger partial charge is 0.134 e. The third-order valence-corrected chi connectivity index (χ3v) is 3.12. The predicted octanol–water partition coefficient (Wildman–Crippen LogP) is 3.67. The Morgan fingerprint density at radius 2 is 2.22 bits per heavy atom. The number of rotatable bonds is 5. The summed E-state index contributed by atoms with van der Waals surface area (Å²) in [5.41, 5.74) is 0. The Kier molecular flexibility index (Phi) is 4.26. The van der Waals surface area contributed by atoms with Crippen LogP contribution < -0.4 is 10.1 Å². The lowest BCUT2D eigenvalue weighted by molar-refractivity contribution is 0.415. The van der Waals surface area contributed by atoms with Gasteiger partial charge in [0.15, 0.2) is 0 Å². The highest BCUT2D eigenvalue weighted by atomic mass is 35.5. The first-order valence-corrected chi connectivity index (χ1v) is 6.53. The molecule has 0 aliphatic carbocycles. The summed E-state index contributed by atoms with van der Waals surface area (Å²) in [4.78, 5) is 4.39. The van der Waals surface area contributed by atoms with Crippen molar-refractivity contribution in [3.8, 4) is 5.75 Å². The van der Waals surface area contributed by atoms with Crippen LogP contribution in [0.25, 0.3) is 10.8 Å². The average Bonchev–Trinajstić information content (AvgIpc) is 2.39. The summed E-state index contributed by atoms with van der Waals surface area (Å²) >= 11 is 5.75. The molecule has 0 fully saturated rings. The monoisotopic (exact) mass is 264 g/mol. The van der Waals surface area contributed by atoms with Crippen LogP contribution in [0.15, 0.2) is 30.5 Å². The fraction of sp³-hybridized carbons (Fsp3) is 0.357. The largest absolute Gasteiger partial charge is 0.497 e. The second-order valence-electron chi connectivity index (χ2n) is 4.27. The third kappa shape index (κ3) is 2.85. The molecule has 1 aromatic carbocycles. The Morgan fingerprint density at radius 3 is 2.94 bits per heavy atom. The number of hydrogen-bond donors (Lipinski definition) is 1. The van der Waals surface area contributed by atoms with Crippen molar-refractivity contribution in [1.29, 1.82) is 0 Å². The van der Waals surface area contributed by atoms with E-state index in [2.05, 4.69) is 17.2 Å². The highest BCUT2D eigenvalue weighted by Crippen LogP contribution is 2.26. The lowest BCUT2D eigenvalue weighted by Gasteiger charge is -2.15. The maximum absolute atomic E-state index is 5.75. The number of alkyl halides is 1. The molecule has 18 heavy (non-hydrogen) atoms. The quantitative estimate of drug-likeness (QED) is 0.837. The number of hydrogen-bond acceptors (Lipinski definition) is 3. The maximum Gasteiger partial charge on any atom is 0.134 e. The van der Waals surface area contributed by atoms with Gasteiger partial charge in [0.2, 0.25) is 0 Å². The Balaban J connectivity index is 2.36. The van der Waals surface area contributed by atoms with Crippen molar-refractivity contribution < 1.29 is 4.74 Å². The zero-order valence-corrected chi connectivity index (χ0v) is 11.4. The van der Waals surface area contributed by atoms with Crippen molar-refractivity contribution in [1.82, 2.24) is 4.98 Å². The first kappa shape index (κ1) is 13.0. The molecule has 0 aliphatic rings. The lowest BCUT2D eigenvalue weighted by atomic mass is 10.1. The van der Waals surface area contributed by atoms with Gasteiger partial charge < -0.3 is 10.1 Å². The minimum atomic E-state index is 0.298. The van der Waals surface area contributed by atoms with E-state index in [4.69, 9.17) is 16.3 Å². The van der Waals surface area contributed by atoms with E-state index in [9.17, 15) is 0 Å². The molecule has 0 aliphatic heterocycles. The van der Waals surface area contributed by atoms with Crippen LogP contribution in [0.1, 0.15) is 13.3 Å². The Bertz CT molecular complexity index is 530. The topological polar surface area (TPSA) is 34.1 Å². The number of halogens is 1. The molecule has 1 unspecified atom stereocenters. The fourth-order valence-corrected chi connectivity index (χ4v) is 2.19. The summed E-state index contributed by atoms with van der Waals surface area (Å²) in [6.45, 7) is 2.10. The Labute approximate surface area is 112 Å². The van der Waals surface area contributed by atoms with Crippen LogP contribution >= 0.6 is 11.6 Å². The van der Waals surface area contributed by atoms with Gasteiger partial charge in [0.25, 0.3) is 0 Å². The third-order valence-electron chi connectivity index (χ3n) is 2.90. The number of pyridine rings is 1. The number of ether oxygens (including phenoxy) is 1. The number of benzene rings is 1. The molecule has 0 spiro atoms. The Hall–Kier alpha value is -1.48. The number of anilines is 1. The van der Waals surface area contributed by atoms with E-state index in [1.54, 1.807) is 7.11 Å². The number of fused-ring (bicyclic) bond motifs is 1. The molecule has 0 radical (unpaired) electrons. The van der Waals surface area contributed by atoms with Crippen LogP contribution in [0.3, 0.4) is 0 Å². The molecule has 2 aromatic rings. The van der Waals surface area contributed by atoms with E-state index in [0.29, 0.717) is 11.9 Å². The van der Waals surface area contributed by atoms with Gasteiger partial charge in [-0.1, -0.05) is 6.07 Å². The highest BCUT2D eigenvalue weighted by Gasteiger charge is 2.07. The minimum absolute atomic E-state index is 0.298. The average molecular weight is 265 g/mol. The summed E-state index contributed by atoms with van der Waals surface area (Å²) in [5.74, 6) is 2.36. The number of nitrogens with one attached hydrogen (secondary N) is 1. The van der Waals surface area contributed by atoms with E-state index >= 15 is 0 Å². The van der Waals surface area contributed by atoms with E-state index in [0.717, 1.165) is 28.8 Å². The molecular weight excluding hydrogens is 248 g/mol. The summed E-state index contributed by atoms with van der Waals surface area (Å²) < 4.78 is 5.25. The van der Waals surface area contributed by atoms with Crippen LogP contribution in [0.4, 0.5) is 5.82 Å². The van der Waals surface area contributed by atoms with Crippen molar-refractivity contribution in [2.45, 2.75) is 19.4 Å². The van der Waals surface area contributed by atoms with E-state index in [1.807, 2.05) is 30.5 Å². The predicted molar refractivity (Wildman–Crippen MR) is 76.7 cm³/mol. The zero-order valence-electron chi connectivity index (χ0n) is 10.6. The van der Waals surface area contributed by atoms with Gasteiger partial charge in [-0.3, -0.25) is 0 Å². The zero-order chi connectivity index (χ0) is 13.0. The number of aromatic nitrogens is 1. The number of methoxy groups -OCH3 is 1. The second kappa shape index (κ2) is 5.91. The molecule has 0 saturated heterocycles. The van der Waals surface area contributed by atoms with Gasteiger partial charge in [-0.2, -0.15) is 0 Å². The van der Waals surface area contributed by atoms with Gasteiger partial charge in [0.05, 0.1) is 7.11 Å².